The van der Waals surface area contributed by atoms with E-state index < -0.39 is 4.92 Å². The highest BCUT2D eigenvalue weighted by Crippen LogP contribution is 2.43. The van der Waals surface area contributed by atoms with E-state index in [9.17, 15) is 15.2 Å². The predicted molar refractivity (Wildman–Crippen MR) is 108 cm³/mol. The molecule has 0 fully saturated rings. The molecule has 28 heavy (non-hydrogen) atoms. The Hall–Kier alpha value is -3.38. The summed E-state index contributed by atoms with van der Waals surface area (Å²) >= 11 is 0. The predicted octanol–water partition coefficient (Wildman–Crippen LogP) is 4.15. The molecular formula is C22H22N2O4. The summed E-state index contributed by atoms with van der Waals surface area (Å²) in [6.07, 6.45) is 0.448. The number of rotatable bonds is 7. The number of nitrogens with zero attached hydrogens (tertiary/aromatic N) is 1. The number of hydrogen-bond acceptors (Lipinski definition) is 5. The van der Waals surface area contributed by atoms with Gasteiger partial charge in [-0.3, -0.25) is 10.1 Å². The number of aliphatic hydroxyl groups excluding tert-OH is 1. The number of nitrogen functional groups attached to an aromatic ring is 1. The molecule has 0 radical (unpaired) electrons. The average Bonchev–Trinajstić information content (AvgIpc) is 2.70. The summed E-state index contributed by atoms with van der Waals surface area (Å²) < 4.78 is 5.83. The molecule has 0 atom stereocenters. The lowest BCUT2D eigenvalue weighted by Gasteiger charge is -2.19. The zero-order valence-corrected chi connectivity index (χ0v) is 15.6. The summed E-state index contributed by atoms with van der Waals surface area (Å²) in [5.41, 5.74) is 9.70. The fourth-order valence-electron chi connectivity index (χ4n) is 3.28. The number of hydrogen-bond donors (Lipinski definition) is 2. The number of ether oxygens (including phenoxy) is 1. The molecule has 3 rings (SSSR count). The summed E-state index contributed by atoms with van der Waals surface area (Å²) in [5, 5.41) is 21.6. The molecule has 0 aliphatic rings. The first kappa shape index (κ1) is 19.4. The molecule has 0 amide bonds. The van der Waals surface area contributed by atoms with Crippen LogP contribution in [0.2, 0.25) is 0 Å². The van der Waals surface area contributed by atoms with Gasteiger partial charge in [0.05, 0.1) is 17.2 Å². The van der Waals surface area contributed by atoms with Crippen molar-refractivity contribution in [3.05, 3.63) is 98.6 Å². The van der Waals surface area contributed by atoms with Crippen LogP contribution in [-0.4, -0.2) is 10.0 Å². The Morgan fingerprint density at radius 3 is 2.11 bits per heavy atom. The maximum absolute atomic E-state index is 11.7. The van der Waals surface area contributed by atoms with Gasteiger partial charge in [0.25, 0.3) is 0 Å². The highest BCUT2D eigenvalue weighted by atomic mass is 16.6. The van der Waals surface area contributed by atoms with Crippen LogP contribution in [0.3, 0.4) is 0 Å². The molecule has 0 unspecified atom stereocenters. The van der Waals surface area contributed by atoms with Crippen LogP contribution in [0.5, 0.6) is 5.75 Å². The quantitative estimate of drug-likeness (QED) is 0.366. The standard InChI is InChI=1S/C22H22N2O4/c1-15-19(13-25)18(12-16-8-4-2-5-9-16)20(23)22(21(15)24(26)27)28-14-17-10-6-3-7-11-17/h2-11,25H,12-14,23H2,1H3. The molecule has 0 saturated carbocycles. The maximum Gasteiger partial charge on any atom is 0.316 e. The van der Waals surface area contributed by atoms with E-state index in [0.29, 0.717) is 23.1 Å². The van der Waals surface area contributed by atoms with Crippen molar-refractivity contribution in [2.24, 2.45) is 0 Å². The third-order valence-corrected chi connectivity index (χ3v) is 4.75. The molecule has 0 spiro atoms. The number of anilines is 1. The van der Waals surface area contributed by atoms with Gasteiger partial charge in [-0.15, -0.1) is 0 Å². The Kier molecular flexibility index (Phi) is 5.91. The lowest BCUT2D eigenvalue weighted by molar-refractivity contribution is -0.386. The van der Waals surface area contributed by atoms with Gasteiger partial charge in [0, 0.05) is 5.56 Å². The van der Waals surface area contributed by atoms with Gasteiger partial charge in [0.2, 0.25) is 5.75 Å². The molecule has 0 bridgehead atoms. The Labute approximate surface area is 163 Å². The first-order valence-electron chi connectivity index (χ1n) is 8.92. The third kappa shape index (κ3) is 3.97. The van der Waals surface area contributed by atoms with Crippen molar-refractivity contribution in [3.8, 4) is 5.75 Å². The van der Waals surface area contributed by atoms with E-state index in [4.69, 9.17) is 10.5 Å². The summed E-state index contributed by atoms with van der Waals surface area (Å²) in [6, 6.07) is 19.0. The van der Waals surface area contributed by atoms with Gasteiger partial charge in [-0.1, -0.05) is 60.7 Å². The van der Waals surface area contributed by atoms with E-state index in [1.165, 1.54) is 0 Å². The second kappa shape index (κ2) is 8.54. The van der Waals surface area contributed by atoms with Gasteiger partial charge in [-0.25, -0.2) is 0 Å². The van der Waals surface area contributed by atoms with Gasteiger partial charge in [-0.2, -0.15) is 0 Å². The lowest BCUT2D eigenvalue weighted by Crippen LogP contribution is -2.11. The Morgan fingerprint density at radius 2 is 1.57 bits per heavy atom. The van der Waals surface area contributed by atoms with Crippen LogP contribution in [0, 0.1) is 17.0 Å². The van der Waals surface area contributed by atoms with Crippen LogP contribution in [0.15, 0.2) is 60.7 Å². The van der Waals surface area contributed by atoms with Crippen molar-refractivity contribution >= 4 is 11.4 Å². The van der Waals surface area contributed by atoms with Crippen molar-refractivity contribution in [1.82, 2.24) is 0 Å². The number of nitro groups is 1. The zero-order chi connectivity index (χ0) is 20.1. The van der Waals surface area contributed by atoms with Crippen LogP contribution in [0.25, 0.3) is 0 Å². The van der Waals surface area contributed by atoms with Crippen molar-refractivity contribution in [2.45, 2.75) is 26.6 Å². The van der Waals surface area contributed by atoms with E-state index in [2.05, 4.69) is 0 Å². The second-order valence-electron chi connectivity index (χ2n) is 6.53. The Morgan fingerprint density at radius 1 is 1.00 bits per heavy atom. The molecule has 6 nitrogen and oxygen atoms in total. The topological polar surface area (TPSA) is 98.6 Å². The summed E-state index contributed by atoms with van der Waals surface area (Å²) in [4.78, 5) is 11.2. The number of nitro benzene ring substituents is 1. The monoisotopic (exact) mass is 378 g/mol. The Balaban J connectivity index is 2.09. The van der Waals surface area contributed by atoms with Crippen molar-refractivity contribution < 1.29 is 14.8 Å². The number of nitrogens with two attached hydrogens (primary N) is 1. The van der Waals surface area contributed by atoms with Crippen molar-refractivity contribution in [2.75, 3.05) is 5.73 Å². The van der Waals surface area contributed by atoms with Crippen molar-refractivity contribution in [1.29, 1.82) is 0 Å². The first-order valence-corrected chi connectivity index (χ1v) is 8.92. The molecule has 144 valence electrons. The van der Waals surface area contributed by atoms with Gasteiger partial charge < -0.3 is 15.6 Å². The van der Waals surface area contributed by atoms with Crippen LogP contribution in [0.1, 0.15) is 27.8 Å². The highest BCUT2D eigenvalue weighted by Gasteiger charge is 2.28. The van der Waals surface area contributed by atoms with E-state index >= 15 is 0 Å². The van der Waals surface area contributed by atoms with E-state index in [-0.39, 0.29) is 30.3 Å². The minimum atomic E-state index is -0.503. The van der Waals surface area contributed by atoms with Crippen LogP contribution >= 0.6 is 0 Å². The fraction of sp³-hybridized carbons (Fsp3) is 0.182. The average molecular weight is 378 g/mol. The minimum absolute atomic E-state index is 0.0504. The van der Waals surface area contributed by atoms with E-state index in [1.807, 2.05) is 60.7 Å². The molecule has 3 N–H and O–H groups in total. The number of aliphatic hydroxyl groups is 1. The number of benzene rings is 3. The van der Waals surface area contributed by atoms with Crippen LogP contribution < -0.4 is 10.5 Å². The highest BCUT2D eigenvalue weighted by molar-refractivity contribution is 5.74. The molecule has 3 aromatic rings. The molecule has 0 aliphatic carbocycles. The smallest absolute Gasteiger partial charge is 0.316 e. The SMILES string of the molecule is Cc1c(CO)c(Cc2ccccc2)c(N)c(OCc2ccccc2)c1[N+](=O)[O-]. The molecule has 0 aliphatic heterocycles. The van der Waals surface area contributed by atoms with Gasteiger partial charge in [-0.05, 0) is 35.6 Å². The first-order chi connectivity index (χ1) is 13.5. The normalized spacial score (nSPS) is 10.6. The lowest BCUT2D eigenvalue weighted by atomic mass is 9.93. The largest absolute Gasteiger partial charge is 0.480 e. The van der Waals surface area contributed by atoms with Crippen LogP contribution in [0.4, 0.5) is 11.4 Å². The Bertz CT molecular complexity index is 973. The van der Waals surface area contributed by atoms with E-state index in [1.54, 1.807) is 6.92 Å². The summed E-state index contributed by atoms with van der Waals surface area (Å²) in [5.74, 6) is 0.0504. The third-order valence-electron chi connectivity index (χ3n) is 4.75. The summed E-state index contributed by atoms with van der Waals surface area (Å²) in [7, 11) is 0. The van der Waals surface area contributed by atoms with Gasteiger partial charge in [0.1, 0.15) is 6.61 Å². The van der Waals surface area contributed by atoms with Crippen molar-refractivity contribution in [3.63, 3.8) is 0 Å². The molecule has 6 heteroatoms. The second-order valence-corrected chi connectivity index (χ2v) is 6.53. The van der Waals surface area contributed by atoms with E-state index in [0.717, 1.165) is 11.1 Å². The zero-order valence-electron chi connectivity index (χ0n) is 15.6. The maximum atomic E-state index is 11.7. The van der Waals surface area contributed by atoms with Gasteiger partial charge in [0.15, 0.2) is 0 Å². The molecular weight excluding hydrogens is 356 g/mol. The molecule has 0 saturated heterocycles. The fourth-order valence-corrected chi connectivity index (χ4v) is 3.28. The molecule has 3 aromatic carbocycles. The molecule has 0 heterocycles. The minimum Gasteiger partial charge on any atom is -0.480 e. The van der Waals surface area contributed by atoms with Gasteiger partial charge >= 0.3 is 5.69 Å². The summed E-state index contributed by atoms with van der Waals surface area (Å²) in [6.45, 7) is 1.44. The van der Waals surface area contributed by atoms with Crippen LogP contribution in [-0.2, 0) is 19.6 Å². The molecule has 0 aromatic heterocycles.